The van der Waals surface area contributed by atoms with Gasteiger partial charge in [0, 0.05) is 26.1 Å². The molecule has 0 aromatic heterocycles. The Morgan fingerprint density at radius 1 is 1.47 bits per heavy atom. The van der Waals surface area contributed by atoms with E-state index in [-0.39, 0.29) is 18.6 Å². The first kappa shape index (κ1) is 14.0. The molecule has 1 aliphatic rings. The van der Waals surface area contributed by atoms with Gasteiger partial charge in [-0.05, 0) is 24.5 Å². The smallest absolute Gasteiger partial charge is 0.221 e. The van der Waals surface area contributed by atoms with E-state index in [2.05, 4.69) is 22.3 Å². The normalized spacial score (nSPS) is 18.9. The minimum Gasteiger partial charge on any atom is -0.394 e. The molecule has 2 rings (SSSR count). The molecule has 1 aliphatic heterocycles. The zero-order valence-electron chi connectivity index (χ0n) is 11.4. The molecule has 0 radical (unpaired) electrons. The standard InChI is InChI=1S/C15H22N2O2/c1-2-16-15(19)8-10-17-9-7-12-5-3-4-6-13(12)14(17)11-18/h3-6,14,18H,2,7-11H2,1H3,(H,16,19). The minimum absolute atomic E-state index is 0.0272. The summed E-state index contributed by atoms with van der Waals surface area (Å²) in [5.41, 5.74) is 2.52. The van der Waals surface area contributed by atoms with Gasteiger partial charge in [-0.3, -0.25) is 9.69 Å². The number of fused-ring (bicyclic) bond motifs is 1. The fraction of sp³-hybridized carbons (Fsp3) is 0.533. The van der Waals surface area contributed by atoms with Crippen molar-refractivity contribution in [1.82, 2.24) is 10.2 Å². The van der Waals surface area contributed by atoms with Crippen molar-refractivity contribution in [3.8, 4) is 0 Å². The Hall–Kier alpha value is -1.39. The average molecular weight is 262 g/mol. The highest BCUT2D eigenvalue weighted by Gasteiger charge is 2.26. The van der Waals surface area contributed by atoms with E-state index in [0.717, 1.165) is 13.0 Å². The highest BCUT2D eigenvalue weighted by Crippen LogP contribution is 2.29. The Bertz CT molecular complexity index is 434. The van der Waals surface area contributed by atoms with E-state index in [0.29, 0.717) is 19.5 Å². The number of hydrogen-bond donors (Lipinski definition) is 2. The molecule has 0 bridgehead atoms. The third-order valence-electron chi connectivity index (χ3n) is 3.70. The largest absolute Gasteiger partial charge is 0.394 e. The molecule has 1 unspecified atom stereocenters. The number of hydrogen-bond acceptors (Lipinski definition) is 3. The molecule has 1 amide bonds. The topological polar surface area (TPSA) is 52.6 Å². The molecule has 1 aromatic carbocycles. The Morgan fingerprint density at radius 2 is 2.26 bits per heavy atom. The molecule has 2 N–H and O–H groups in total. The maximum Gasteiger partial charge on any atom is 0.221 e. The van der Waals surface area contributed by atoms with Crippen LogP contribution in [0, 0.1) is 0 Å². The Kier molecular flexibility index (Phi) is 4.93. The molecule has 0 saturated carbocycles. The predicted octanol–water partition coefficient (Wildman–Crippen LogP) is 1.10. The number of carbonyl (C=O) groups is 1. The van der Waals surface area contributed by atoms with Crippen molar-refractivity contribution >= 4 is 5.91 Å². The van der Waals surface area contributed by atoms with Crippen molar-refractivity contribution < 1.29 is 9.90 Å². The second kappa shape index (κ2) is 6.68. The molecule has 19 heavy (non-hydrogen) atoms. The lowest BCUT2D eigenvalue weighted by molar-refractivity contribution is -0.121. The van der Waals surface area contributed by atoms with E-state index in [9.17, 15) is 9.90 Å². The third-order valence-corrected chi connectivity index (χ3v) is 3.70. The third kappa shape index (κ3) is 3.33. The molecule has 0 aliphatic carbocycles. The summed E-state index contributed by atoms with van der Waals surface area (Å²) >= 11 is 0. The van der Waals surface area contributed by atoms with E-state index in [4.69, 9.17) is 0 Å². The number of aliphatic hydroxyl groups excluding tert-OH is 1. The maximum atomic E-state index is 11.5. The van der Waals surface area contributed by atoms with Crippen LogP contribution >= 0.6 is 0 Å². The van der Waals surface area contributed by atoms with Gasteiger partial charge in [0.1, 0.15) is 0 Å². The highest BCUT2D eigenvalue weighted by molar-refractivity contribution is 5.75. The molecule has 0 saturated heterocycles. The zero-order valence-corrected chi connectivity index (χ0v) is 11.4. The summed E-state index contributed by atoms with van der Waals surface area (Å²) in [4.78, 5) is 13.7. The number of carbonyl (C=O) groups excluding carboxylic acids is 1. The molecule has 104 valence electrons. The van der Waals surface area contributed by atoms with Crippen molar-refractivity contribution in [2.75, 3.05) is 26.2 Å². The van der Waals surface area contributed by atoms with Gasteiger partial charge in [0.25, 0.3) is 0 Å². The van der Waals surface area contributed by atoms with Crippen LogP contribution in [0.2, 0.25) is 0 Å². The minimum atomic E-state index is 0.0272. The number of nitrogens with zero attached hydrogens (tertiary/aromatic N) is 1. The van der Waals surface area contributed by atoms with Crippen LogP contribution in [0.4, 0.5) is 0 Å². The Balaban J connectivity index is 2.01. The van der Waals surface area contributed by atoms with E-state index in [1.807, 2.05) is 19.1 Å². The molecular weight excluding hydrogens is 240 g/mol. The zero-order chi connectivity index (χ0) is 13.7. The van der Waals surface area contributed by atoms with Crippen LogP contribution in [0.1, 0.15) is 30.5 Å². The number of amides is 1. The van der Waals surface area contributed by atoms with Gasteiger partial charge < -0.3 is 10.4 Å². The van der Waals surface area contributed by atoms with Gasteiger partial charge in [0.15, 0.2) is 0 Å². The molecule has 4 heteroatoms. The number of aliphatic hydroxyl groups is 1. The van der Waals surface area contributed by atoms with Crippen LogP contribution < -0.4 is 5.32 Å². The van der Waals surface area contributed by atoms with Gasteiger partial charge >= 0.3 is 0 Å². The van der Waals surface area contributed by atoms with Crippen molar-refractivity contribution in [1.29, 1.82) is 0 Å². The second-order valence-electron chi connectivity index (χ2n) is 4.89. The van der Waals surface area contributed by atoms with Gasteiger partial charge in [-0.25, -0.2) is 0 Å². The van der Waals surface area contributed by atoms with Crippen molar-refractivity contribution in [3.05, 3.63) is 35.4 Å². The first-order valence-corrected chi connectivity index (χ1v) is 6.95. The van der Waals surface area contributed by atoms with Crippen LogP contribution in [0.25, 0.3) is 0 Å². The summed E-state index contributed by atoms with van der Waals surface area (Å²) in [5.74, 6) is 0.0815. The van der Waals surface area contributed by atoms with Gasteiger partial charge in [-0.1, -0.05) is 24.3 Å². The molecule has 4 nitrogen and oxygen atoms in total. The van der Waals surface area contributed by atoms with Crippen molar-refractivity contribution in [2.24, 2.45) is 0 Å². The quantitative estimate of drug-likeness (QED) is 0.835. The van der Waals surface area contributed by atoms with E-state index >= 15 is 0 Å². The average Bonchev–Trinajstić information content (AvgIpc) is 2.44. The summed E-state index contributed by atoms with van der Waals surface area (Å²) in [6.07, 6.45) is 1.48. The maximum absolute atomic E-state index is 11.5. The van der Waals surface area contributed by atoms with Gasteiger partial charge in [0.05, 0.1) is 12.6 Å². The van der Waals surface area contributed by atoms with Crippen LogP contribution in [-0.2, 0) is 11.2 Å². The monoisotopic (exact) mass is 262 g/mol. The Labute approximate surface area is 114 Å². The fourth-order valence-electron chi connectivity index (χ4n) is 2.72. The van der Waals surface area contributed by atoms with Crippen molar-refractivity contribution in [3.63, 3.8) is 0 Å². The van der Waals surface area contributed by atoms with E-state index < -0.39 is 0 Å². The molecule has 1 heterocycles. The number of nitrogens with one attached hydrogen (secondary N) is 1. The lowest BCUT2D eigenvalue weighted by Crippen LogP contribution is -2.39. The van der Waals surface area contributed by atoms with Crippen LogP contribution in [0.15, 0.2) is 24.3 Å². The van der Waals surface area contributed by atoms with Crippen LogP contribution in [-0.4, -0.2) is 42.2 Å². The second-order valence-corrected chi connectivity index (χ2v) is 4.89. The summed E-state index contributed by atoms with van der Waals surface area (Å²) in [6.45, 7) is 4.30. The summed E-state index contributed by atoms with van der Waals surface area (Å²) < 4.78 is 0. The van der Waals surface area contributed by atoms with Gasteiger partial charge in [0.2, 0.25) is 5.91 Å². The van der Waals surface area contributed by atoms with E-state index in [1.54, 1.807) is 0 Å². The van der Waals surface area contributed by atoms with Crippen LogP contribution in [0.5, 0.6) is 0 Å². The number of benzene rings is 1. The molecule has 0 fully saturated rings. The molecule has 0 spiro atoms. The van der Waals surface area contributed by atoms with E-state index in [1.165, 1.54) is 11.1 Å². The number of rotatable bonds is 5. The summed E-state index contributed by atoms with van der Waals surface area (Å²) in [5, 5.41) is 12.4. The highest BCUT2D eigenvalue weighted by atomic mass is 16.3. The van der Waals surface area contributed by atoms with Crippen molar-refractivity contribution in [2.45, 2.75) is 25.8 Å². The lowest BCUT2D eigenvalue weighted by atomic mass is 9.93. The van der Waals surface area contributed by atoms with Gasteiger partial charge in [-0.2, -0.15) is 0 Å². The molecule has 1 aromatic rings. The Morgan fingerprint density at radius 3 is 3.00 bits per heavy atom. The summed E-state index contributed by atoms with van der Waals surface area (Å²) in [6, 6.07) is 8.28. The van der Waals surface area contributed by atoms with Crippen LogP contribution in [0.3, 0.4) is 0 Å². The molecular formula is C15H22N2O2. The van der Waals surface area contributed by atoms with Gasteiger partial charge in [-0.15, -0.1) is 0 Å². The lowest BCUT2D eigenvalue weighted by Gasteiger charge is -2.36. The molecule has 1 atom stereocenters. The first-order chi connectivity index (χ1) is 9.26. The summed E-state index contributed by atoms with van der Waals surface area (Å²) in [7, 11) is 0. The SMILES string of the molecule is CCNC(=O)CCN1CCc2ccccc2C1CO. The first-order valence-electron chi connectivity index (χ1n) is 6.95. The predicted molar refractivity (Wildman–Crippen MR) is 74.8 cm³/mol. The fourth-order valence-corrected chi connectivity index (χ4v) is 2.72.